The van der Waals surface area contributed by atoms with Crippen molar-refractivity contribution in [2.75, 3.05) is 31.6 Å². The van der Waals surface area contributed by atoms with Gasteiger partial charge in [-0.3, -0.25) is 4.79 Å². The maximum atomic E-state index is 12.8. The van der Waals surface area contributed by atoms with Gasteiger partial charge in [0.2, 0.25) is 0 Å². The van der Waals surface area contributed by atoms with Crippen LogP contribution in [-0.4, -0.2) is 44.9 Å². The Bertz CT molecular complexity index is 1150. The summed E-state index contributed by atoms with van der Waals surface area (Å²) in [5, 5.41) is 2.89. The molecule has 1 aliphatic heterocycles. The molecule has 0 saturated carbocycles. The average Bonchev–Trinajstić information content (AvgIpc) is 3.26. The van der Waals surface area contributed by atoms with Gasteiger partial charge in [-0.1, -0.05) is 24.3 Å². The summed E-state index contributed by atoms with van der Waals surface area (Å²) in [6, 6.07) is 18.2. The standard InChI is InChI=1S/C22H22N2O4S2/c1-16-3-2-4-19(15-16)23-22(25)18-7-5-17(6-8-18)20-9-10-21(29-20)30(26,27)24-11-13-28-14-12-24/h2-10,15H,11-14H2,1H3,(H,23,25). The van der Waals surface area contributed by atoms with Crippen LogP contribution in [0.5, 0.6) is 0 Å². The Morgan fingerprint density at radius 3 is 2.47 bits per heavy atom. The van der Waals surface area contributed by atoms with Gasteiger partial charge >= 0.3 is 0 Å². The molecule has 2 heterocycles. The largest absolute Gasteiger partial charge is 0.379 e. The van der Waals surface area contributed by atoms with Gasteiger partial charge in [-0.05, 0) is 54.4 Å². The van der Waals surface area contributed by atoms with E-state index in [1.165, 1.54) is 15.6 Å². The molecule has 1 aliphatic rings. The van der Waals surface area contributed by atoms with Crippen LogP contribution in [0, 0.1) is 6.92 Å². The van der Waals surface area contributed by atoms with Gasteiger partial charge in [-0.15, -0.1) is 11.3 Å². The number of benzene rings is 2. The van der Waals surface area contributed by atoms with Crippen LogP contribution in [0.25, 0.3) is 10.4 Å². The van der Waals surface area contributed by atoms with E-state index in [9.17, 15) is 13.2 Å². The molecule has 0 radical (unpaired) electrons. The summed E-state index contributed by atoms with van der Waals surface area (Å²) in [6.07, 6.45) is 0. The highest BCUT2D eigenvalue weighted by Crippen LogP contribution is 2.32. The van der Waals surface area contributed by atoms with Gasteiger partial charge < -0.3 is 10.1 Å². The molecule has 8 heteroatoms. The molecule has 30 heavy (non-hydrogen) atoms. The zero-order valence-corrected chi connectivity index (χ0v) is 18.1. The predicted octanol–water partition coefficient (Wildman–Crippen LogP) is 4.00. The van der Waals surface area contributed by atoms with E-state index in [1.54, 1.807) is 24.3 Å². The number of sulfonamides is 1. The van der Waals surface area contributed by atoms with Gasteiger partial charge in [-0.25, -0.2) is 8.42 Å². The summed E-state index contributed by atoms with van der Waals surface area (Å²) in [5.41, 5.74) is 3.23. The third-order valence-corrected chi connectivity index (χ3v) is 8.35. The van der Waals surface area contributed by atoms with Crippen LogP contribution in [0.1, 0.15) is 15.9 Å². The molecule has 0 atom stereocenters. The fraction of sp³-hybridized carbons (Fsp3) is 0.227. The van der Waals surface area contributed by atoms with Crippen LogP contribution < -0.4 is 5.32 Å². The van der Waals surface area contributed by atoms with Crippen molar-refractivity contribution in [3.8, 4) is 10.4 Å². The number of morpholine rings is 1. The molecule has 0 bridgehead atoms. The average molecular weight is 443 g/mol. The lowest BCUT2D eigenvalue weighted by Crippen LogP contribution is -2.40. The van der Waals surface area contributed by atoms with Gasteiger partial charge in [0.15, 0.2) is 0 Å². The number of nitrogens with zero attached hydrogens (tertiary/aromatic N) is 1. The van der Waals surface area contributed by atoms with Crippen molar-refractivity contribution < 1.29 is 17.9 Å². The lowest BCUT2D eigenvalue weighted by molar-refractivity contribution is 0.0731. The third kappa shape index (κ3) is 4.46. The number of rotatable bonds is 5. The molecular weight excluding hydrogens is 420 g/mol. The number of nitrogens with one attached hydrogen (secondary N) is 1. The van der Waals surface area contributed by atoms with E-state index < -0.39 is 10.0 Å². The molecule has 1 aromatic heterocycles. The smallest absolute Gasteiger partial charge is 0.255 e. The minimum absolute atomic E-state index is 0.186. The number of thiophene rings is 1. The van der Waals surface area contributed by atoms with Gasteiger partial charge in [0.1, 0.15) is 4.21 Å². The van der Waals surface area contributed by atoms with Crippen LogP contribution >= 0.6 is 11.3 Å². The van der Waals surface area contributed by atoms with E-state index in [0.717, 1.165) is 21.7 Å². The fourth-order valence-corrected chi connectivity index (χ4v) is 6.11. The number of carbonyl (C=O) groups excluding carboxylic acids is 1. The Kier molecular flexibility index (Phi) is 6.01. The van der Waals surface area contributed by atoms with Crippen molar-refractivity contribution in [3.05, 3.63) is 71.8 Å². The van der Waals surface area contributed by atoms with Crippen LogP contribution in [0.2, 0.25) is 0 Å². The molecule has 4 rings (SSSR count). The van der Waals surface area contributed by atoms with Crippen molar-refractivity contribution in [1.82, 2.24) is 4.31 Å². The molecule has 0 spiro atoms. The van der Waals surface area contributed by atoms with Crippen LogP contribution in [0.15, 0.2) is 64.9 Å². The third-order valence-electron chi connectivity index (χ3n) is 4.85. The monoisotopic (exact) mass is 442 g/mol. The van der Waals surface area contributed by atoms with Crippen molar-refractivity contribution >= 4 is 33.0 Å². The molecule has 2 aromatic carbocycles. The number of hydrogen-bond donors (Lipinski definition) is 1. The molecule has 1 saturated heterocycles. The van der Waals surface area contributed by atoms with E-state index in [4.69, 9.17) is 4.74 Å². The SMILES string of the molecule is Cc1cccc(NC(=O)c2ccc(-c3ccc(S(=O)(=O)N4CCOCC4)s3)cc2)c1. The molecule has 1 amide bonds. The first kappa shape index (κ1) is 20.7. The van der Waals surface area contributed by atoms with Crippen LogP contribution in [-0.2, 0) is 14.8 Å². The molecule has 156 valence electrons. The second-order valence-electron chi connectivity index (χ2n) is 7.04. The maximum absolute atomic E-state index is 12.8. The minimum Gasteiger partial charge on any atom is -0.379 e. The highest BCUT2D eigenvalue weighted by atomic mass is 32.2. The maximum Gasteiger partial charge on any atom is 0.255 e. The number of carbonyl (C=O) groups is 1. The second-order valence-corrected chi connectivity index (χ2v) is 10.3. The lowest BCUT2D eigenvalue weighted by atomic mass is 10.1. The summed E-state index contributed by atoms with van der Waals surface area (Å²) in [4.78, 5) is 13.3. The molecular formula is C22H22N2O4S2. The molecule has 0 unspecified atom stereocenters. The second kappa shape index (κ2) is 8.69. The first-order valence-electron chi connectivity index (χ1n) is 9.60. The normalized spacial score (nSPS) is 15.1. The first-order chi connectivity index (χ1) is 14.4. The molecule has 3 aromatic rings. The van der Waals surface area contributed by atoms with E-state index >= 15 is 0 Å². The van der Waals surface area contributed by atoms with Gasteiger partial charge in [0.05, 0.1) is 13.2 Å². The minimum atomic E-state index is -3.50. The lowest BCUT2D eigenvalue weighted by Gasteiger charge is -2.25. The number of amides is 1. The Morgan fingerprint density at radius 2 is 1.77 bits per heavy atom. The summed E-state index contributed by atoms with van der Waals surface area (Å²) >= 11 is 1.23. The fourth-order valence-electron chi connectivity index (χ4n) is 3.24. The summed E-state index contributed by atoms with van der Waals surface area (Å²) < 4.78 is 32.6. The van der Waals surface area contributed by atoms with Crippen molar-refractivity contribution in [1.29, 1.82) is 0 Å². The van der Waals surface area contributed by atoms with Crippen LogP contribution in [0.3, 0.4) is 0 Å². The van der Waals surface area contributed by atoms with Crippen molar-refractivity contribution in [2.45, 2.75) is 11.1 Å². The molecule has 6 nitrogen and oxygen atoms in total. The highest BCUT2D eigenvalue weighted by Gasteiger charge is 2.27. The van der Waals surface area contributed by atoms with E-state index in [1.807, 2.05) is 43.3 Å². The predicted molar refractivity (Wildman–Crippen MR) is 118 cm³/mol. The Balaban J connectivity index is 1.49. The Hall–Kier alpha value is -2.52. The summed E-state index contributed by atoms with van der Waals surface area (Å²) in [7, 11) is -3.50. The van der Waals surface area contributed by atoms with E-state index in [2.05, 4.69) is 5.32 Å². The van der Waals surface area contributed by atoms with E-state index in [0.29, 0.717) is 36.1 Å². The van der Waals surface area contributed by atoms with Crippen molar-refractivity contribution in [2.24, 2.45) is 0 Å². The Labute approximate surface area is 180 Å². The number of hydrogen-bond acceptors (Lipinski definition) is 5. The van der Waals surface area contributed by atoms with E-state index in [-0.39, 0.29) is 5.91 Å². The highest BCUT2D eigenvalue weighted by molar-refractivity contribution is 7.91. The number of ether oxygens (including phenoxy) is 1. The van der Waals surface area contributed by atoms with Gasteiger partial charge in [-0.2, -0.15) is 4.31 Å². The molecule has 0 aliphatic carbocycles. The quantitative estimate of drug-likeness (QED) is 0.648. The number of anilines is 1. The topological polar surface area (TPSA) is 75.7 Å². The van der Waals surface area contributed by atoms with Gasteiger partial charge in [0, 0.05) is 29.2 Å². The molecule has 1 fully saturated rings. The van der Waals surface area contributed by atoms with Crippen molar-refractivity contribution in [3.63, 3.8) is 0 Å². The zero-order chi connectivity index (χ0) is 21.1. The number of aryl methyl sites for hydroxylation is 1. The Morgan fingerprint density at radius 1 is 1.03 bits per heavy atom. The summed E-state index contributed by atoms with van der Waals surface area (Å²) in [6.45, 7) is 3.56. The summed E-state index contributed by atoms with van der Waals surface area (Å²) in [5.74, 6) is -0.186. The van der Waals surface area contributed by atoms with Gasteiger partial charge in [0.25, 0.3) is 15.9 Å². The first-order valence-corrected chi connectivity index (χ1v) is 11.9. The van der Waals surface area contributed by atoms with Crippen LogP contribution in [0.4, 0.5) is 5.69 Å². The molecule has 1 N–H and O–H groups in total. The zero-order valence-electron chi connectivity index (χ0n) is 16.5.